The normalized spacial score (nSPS) is 16.3. The summed E-state index contributed by atoms with van der Waals surface area (Å²) >= 11 is 0. The minimum absolute atomic E-state index is 0.0577. The van der Waals surface area contributed by atoms with E-state index in [4.69, 9.17) is 19.5 Å². The van der Waals surface area contributed by atoms with Crippen molar-refractivity contribution in [1.29, 1.82) is 0 Å². The largest absolute Gasteiger partial charge is 0.472 e. The summed E-state index contributed by atoms with van der Waals surface area (Å²) in [6.07, 6.45) is 7.02. The monoisotopic (exact) mass is 517 g/mol. The zero-order valence-corrected chi connectivity index (χ0v) is 21.8. The molecule has 0 amide bonds. The summed E-state index contributed by atoms with van der Waals surface area (Å²) in [5, 5.41) is 10.1. The minimum Gasteiger partial charge on any atom is -0.392 e. The molecule has 0 aliphatic heterocycles. The van der Waals surface area contributed by atoms with Crippen LogP contribution in [0.15, 0.2) is 11.1 Å². The van der Waals surface area contributed by atoms with E-state index in [1.807, 2.05) is 6.92 Å². The number of anilines is 1. The van der Waals surface area contributed by atoms with Gasteiger partial charge in [0.15, 0.2) is 17.4 Å². The summed E-state index contributed by atoms with van der Waals surface area (Å²) in [6, 6.07) is 0. The van der Waals surface area contributed by atoms with Gasteiger partial charge in [0.05, 0.1) is 32.3 Å². The maximum atomic E-state index is 12.3. The Bertz CT molecular complexity index is 998. The molecule has 35 heavy (non-hydrogen) atoms. The molecule has 0 saturated heterocycles. The van der Waals surface area contributed by atoms with Crippen LogP contribution in [0.1, 0.15) is 78.4 Å². The number of unbranched alkanes of at least 4 members (excludes halogenated alkanes) is 4. The molecule has 0 radical (unpaired) electrons. The zero-order chi connectivity index (χ0) is 25.8. The van der Waals surface area contributed by atoms with Gasteiger partial charge in [0.2, 0.25) is 5.95 Å². The Labute approximate surface area is 205 Å². The number of nitrogen functional groups attached to an aromatic ring is 1. The van der Waals surface area contributed by atoms with Gasteiger partial charge < -0.3 is 20.5 Å². The molecule has 0 bridgehead atoms. The van der Waals surface area contributed by atoms with E-state index >= 15 is 0 Å². The number of nitrogens with one attached hydrogen (secondary N) is 1. The van der Waals surface area contributed by atoms with Gasteiger partial charge in [0.1, 0.15) is 0 Å². The van der Waals surface area contributed by atoms with Gasteiger partial charge in [-0.2, -0.15) is 4.98 Å². The highest BCUT2D eigenvalue weighted by Gasteiger charge is 2.27. The molecule has 0 spiro atoms. The van der Waals surface area contributed by atoms with E-state index in [9.17, 15) is 19.4 Å². The van der Waals surface area contributed by atoms with Crippen LogP contribution < -0.4 is 11.3 Å². The molecule has 0 aromatic carbocycles. The van der Waals surface area contributed by atoms with Crippen LogP contribution in [0.2, 0.25) is 0 Å². The predicted molar refractivity (Wildman–Crippen MR) is 133 cm³/mol. The number of aromatic nitrogens is 4. The molecular weight excluding hydrogens is 477 g/mol. The van der Waals surface area contributed by atoms with Crippen LogP contribution in [-0.4, -0.2) is 55.4 Å². The van der Waals surface area contributed by atoms with E-state index in [-0.39, 0.29) is 36.2 Å². The summed E-state index contributed by atoms with van der Waals surface area (Å²) < 4.78 is 30.2. The molecule has 0 fully saturated rings. The van der Waals surface area contributed by atoms with Crippen LogP contribution in [0.25, 0.3) is 11.2 Å². The third kappa shape index (κ3) is 9.63. The van der Waals surface area contributed by atoms with Crippen molar-refractivity contribution in [2.24, 2.45) is 5.92 Å². The van der Waals surface area contributed by atoms with Gasteiger partial charge in [-0.1, -0.05) is 59.3 Å². The topological polar surface area (TPSA) is 175 Å². The first-order valence-corrected chi connectivity index (χ1v) is 13.8. The number of nitrogens with zero attached hydrogens (tertiary/aromatic N) is 3. The van der Waals surface area contributed by atoms with Gasteiger partial charge in [0.25, 0.3) is 5.56 Å². The van der Waals surface area contributed by atoms with E-state index in [1.54, 1.807) is 0 Å². The number of imidazole rings is 1. The number of aromatic amines is 1. The maximum Gasteiger partial charge on any atom is 0.472 e. The Balaban J connectivity index is 2.15. The molecular formula is C22H40N5O7P. The Morgan fingerprint density at radius 2 is 1.91 bits per heavy atom. The smallest absolute Gasteiger partial charge is 0.392 e. The van der Waals surface area contributed by atoms with Crippen molar-refractivity contribution in [3.63, 3.8) is 0 Å². The minimum atomic E-state index is -4.26. The first-order valence-electron chi connectivity index (χ1n) is 12.3. The number of hydrogen-bond acceptors (Lipinski definition) is 9. The average molecular weight is 518 g/mol. The molecule has 2 aromatic rings. The Kier molecular flexibility index (Phi) is 12.3. The Morgan fingerprint density at radius 3 is 2.60 bits per heavy atom. The second kappa shape index (κ2) is 14.7. The molecule has 0 saturated carbocycles. The maximum absolute atomic E-state index is 12.3. The first kappa shape index (κ1) is 29.4. The molecule has 5 N–H and O–H groups in total. The molecule has 0 aliphatic carbocycles. The number of H-pyrrole nitrogens is 1. The van der Waals surface area contributed by atoms with Gasteiger partial charge in [-0.3, -0.25) is 23.4 Å². The molecule has 0 aliphatic rings. The van der Waals surface area contributed by atoms with E-state index in [0.29, 0.717) is 12.8 Å². The lowest BCUT2D eigenvalue weighted by Gasteiger charge is -2.27. The highest BCUT2D eigenvalue weighted by Crippen LogP contribution is 2.44. The summed E-state index contributed by atoms with van der Waals surface area (Å²) in [5.74, 6) is 0.154. The molecule has 2 rings (SSSR count). The van der Waals surface area contributed by atoms with Crippen molar-refractivity contribution in [2.45, 2.75) is 84.5 Å². The van der Waals surface area contributed by atoms with Crippen LogP contribution in [0.4, 0.5) is 5.95 Å². The number of rotatable bonds is 18. The van der Waals surface area contributed by atoms with Gasteiger partial charge in [-0.05, 0) is 18.8 Å². The van der Waals surface area contributed by atoms with Gasteiger partial charge >= 0.3 is 7.82 Å². The summed E-state index contributed by atoms with van der Waals surface area (Å²) in [4.78, 5) is 32.7. The quantitative estimate of drug-likeness (QED) is 0.169. The van der Waals surface area contributed by atoms with Crippen LogP contribution in [0.3, 0.4) is 0 Å². The zero-order valence-electron chi connectivity index (χ0n) is 20.9. The Morgan fingerprint density at radius 1 is 1.20 bits per heavy atom. The SMILES string of the molecule is CCCCCOP(=O)(O)OC[C@@H](CC(C)CCCCC)O[C@H](CO)n1cnc2c(=O)[nH]c(N)nc21. The third-order valence-corrected chi connectivity index (χ3v) is 6.64. The van der Waals surface area contributed by atoms with E-state index in [0.717, 1.165) is 38.5 Å². The average Bonchev–Trinajstić information content (AvgIpc) is 3.22. The lowest BCUT2D eigenvalue weighted by atomic mass is 9.97. The number of phosphoric ester groups is 1. The lowest BCUT2D eigenvalue weighted by molar-refractivity contribution is -0.101. The number of aliphatic hydroxyl groups excluding tert-OH is 1. The van der Waals surface area contributed by atoms with E-state index < -0.39 is 32.3 Å². The second-order valence-corrected chi connectivity index (χ2v) is 10.3. The fraction of sp³-hybridized carbons (Fsp3) is 0.773. The van der Waals surface area contributed by atoms with Crippen LogP contribution in [0.5, 0.6) is 0 Å². The van der Waals surface area contributed by atoms with E-state index in [2.05, 4.69) is 28.8 Å². The second-order valence-electron chi connectivity index (χ2n) is 8.81. The molecule has 13 heteroatoms. The lowest BCUT2D eigenvalue weighted by Crippen LogP contribution is -2.29. The van der Waals surface area contributed by atoms with Crippen LogP contribution in [-0.2, 0) is 18.3 Å². The van der Waals surface area contributed by atoms with Crippen LogP contribution in [0, 0.1) is 5.92 Å². The molecule has 4 atom stereocenters. The summed E-state index contributed by atoms with van der Waals surface area (Å²) in [7, 11) is -4.26. The van der Waals surface area contributed by atoms with Gasteiger partial charge in [0, 0.05) is 0 Å². The predicted octanol–water partition coefficient (Wildman–Crippen LogP) is 3.51. The first-order chi connectivity index (χ1) is 16.7. The summed E-state index contributed by atoms with van der Waals surface area (Å²) in [5.41, 5.74) is 5.38. The number of fused-ring (bicyclic) bond motifs is 1. The molecule has 12 nitrogen and oxygen atoms in total. The fourth-order valence-corrected chi connectivity index (χ4v) is 4.58. The number of nitrogens with two attached hydrogens (primary N) is 1. The standard InChI is InChI=1S/C22H40N5O7P/c1-4-6-8-10-16(3)12-17(14-33-35(30,31)32-11-9-7-5-2)34-18(13-28)27-15-24-19-20(27)25-22(23)26-21(19)29/h15-18,28H,4-14H2,1-3H3,(H,30,31)(H3,23,25,26,29)/t16?,17-,18-/m1/s1. The fourth-order valence-electron chi connectivity index (χ4n) is 3.79. The van der Waals surface area contributed by atoms with Gasteiger partial charge in [-0.15, -0.1) is 0 Å². The van der Waals surface area contributed by atoms with Crippen molar-refractivity contribution < 1.29 is 28.3 Å². The van der Waals surface area contributed by atoms with E-state index in [1.165, 1.54) is 10.9 Å². The molecule has 2 aromatic heterocycles. The van der Waals surface area contributed by atoms with Crippen LogP contribution >= 0.6 is 7.82 Å². The highest BCUT2D eigenvalue weighted by atomic mass is 31.2. The number of hydrogen-bond donors (Lipinski definition) is 4. The number of ether oxygens (including phenoxy) is 1. The molecule has 200 valence electrons. The van der Waals surface area contributed by atoms with Crippen molar-refractivity contribution in [3.05, 3.63) is 16.7 Å². The molecule has 2 heterocycles. The van der Waals surface area contributed by atoms with Crippen molar-refractivity contribution in [1.82, 2.24) is 19.5 Å². The van der Waals surface area contributed by atoms with Crippen molar-refractivity contribution in [3.8, 4) is 0 Å². The summed E-state index contributed by atoms with van der Waals surface area (Å²) in [6.45, 7) is 5.71. The third-order valence-electron chi connectivity index (χ3n) is 5.66. The molecule has 2 unspecified atom stereocenters. The van der Waals surface area contributed by atoms with Gasteiger partial charge in [-0.25, -0.2) is 9.55 Å². The van der Waals surface area contributed by atoms with Crippen molar-refractivity contribution in [2.75, 3.05) is 25.6 Å². The highest BCUT2D eigenvalue weighted by molar-refractivity contribution is 7.47. The van der Waals surface area contributed by atoms with Crippen molar-refractivity contribution >= 4 is 24.9 Å². The Hall–Kier alpha value is -1.82. The number of phosphoric acid groups is 1. The number of aliphatic hydroxyl groups is 1.